The molecule has 3 amide bonds. The lowest BCUT2D eigenvalue weighted by atomic mass is 9.84. The van der Waals surface area contributed by atoms with E-state index in [1.54, 1.807) is 0 Å². The van der Waals surface area contributed by atoms with Crippen LogP contribution in [0.1, 0.15) is 15.9 Å². The summed E-state index contributed by atoms with van der Waals surface area (Å²) < 4.78 is 38.1. The normalized spacial score (nSPS) is 30.2. The summed E-state index contributed by atoms with van der Waals surface area (Å²) in [6.45, 7) is 0. The molecule has 5 nitrogen and oxygen atoms in total. The lowest BCUT2D eigenvalue weighted by Gasteiger charge is -2.34. The van der Waals surface area contributed by atoms with Crippen LogP contribution in [0.4, 0.5) is 24.5 Å². The van der Waals surface area contributed by atoms with Crippen molar-refractivity contribution < 1.29 is 27.6 Å². The number of allylic oxidation sites excluding steroid dienone is 2. The van der Waals surface area contributed by atoms with Crippen molar-refractivity contribution in [3.05, 3.63) is 69.7 Å². The average molecular weight is 633 g/mol. The summed E-state index contributed by atoms with van der Waals surface area (Å²) in [5, 5.41) is 1.63. The van der Waals surface area contributed by atoms with Crippen molar-refractivity contribution in [1.82, 2.24) is 0 Å². The Balaban J connectivity index is 1.56. The number of anilines is 2. The maximum Gasteiger partial charge on any atom is 0.418 e. The van der Waals surface area contributed by atoms with E-state index in [9.17, 15) is 27.6 Å². The molecule has 2 aromatic carbocycles. The standard InChI is InChI=1S/C23H11Cl6F3N2O3/c24-15-16(25)21(27)14-13(20(15,26)23(21,28)29)18(36)34(19(14)37)12-8-4-1-5-9(12)17(35)33-11-7-3-2-6-10(11)22(30,31)32/h1-8,13-14H,(H,33,35)/t13-,14+,20-,21-/m1/s1. The van der Waals surface area contributed by atoms with Gasteiger partial charge in [-0.3, -0.25) is 14.4 Å². The molecule has 0 spiro atoms. The number of nitrogens with one attached hydrogen (secondary N) is 1. The van der Waals surface area contributed by atoms with Crippen molar-refractivity contribution >= 4 is 98.7 Å². The summed E-state index contributed by atoms with van der Waals surface area (Å²) in [6.07, 6.45) is -4.74. The number of para-hydroxylation sites is 2. The highest BCUT2D eigenvalue weighted by molar-refractivity contribution is 6.67. The summed E-state index contributed by atoms with van der Waals surface area (Å²) in [7, 11) is 0. The molecule has 2 aromatic rings. The van der Waals surface area contributed by atoms with Crippen LogP contribution in [0, 0.1) is 11.8 Å². The molecule has 1 aliphatic heterocycles. The Kier molecular flexibility index (Phi) is 6.11. The highest BCUT2D eigenvalue weighted by Crippen LogP contribution is 2.77. The van der Waals surface area contributed by atoms with Gasteiger partial charge in [0.2, 0.25) is 11.8 Å². The van der Waals surface area contributed by atoms with Crippen molar-refractivity contribution in [2.24, 2.45) is 11.8 Å². The summed E-state index contributed by atoms with van der Waals surface area (Å²) in [5.74, 6) is -5.70. The Morgan fingerprint density at radius 3 is 1.86 bits per heavy atom. The third kappa shape index (κ3) is 3.29. The Morgan fingerprint density at radius 2 is 1.32 bits per heavy atom. The fraction of sp³-hybridized carbons (Fsp3) is 0.261. The van der Waals surface area contributed by atoms with Crippen molar-refractivity contribution in [1.29, 1.82) is 0 Å². The minimum Gasteiger partial charge on any atom is -0.321 e. The van der Waals surface area contributed by atoms with Gasteiger partial charge in [0, 0.05) is 0 Å². The maximum absolute atomic E-state index is 13.6. The first-order chi connectivity index (χ1) is 17.1. The molecule has 14 heteroatoms. The van der Waals surface area contributed by atoms with Gasteiger partial charge in [0.05, 0.1) is 44.4 Å². The SMILES string of the molecule is O=C(Nc1ccccc1C(F)(F)F)c1ccccc1N1C(=O)[C@@H]2[C@H](C1=O)[C@@]1(Cl)C(Cl)=C(Cl)[C@@]2(Cl)C1(Cl)Cl. The molecule has 1 saturated heterocycles. The summed E-state index contributed by atoms with van der Waals surface area (Å²) in [5.41, 5.74) is -2.07. The fourth-order valence-corrected chi connectivity index (χ4v) is 8.05. The molecule has 37 heavy (non-hydrogen) atoms. The van der Waals surface area contributed by atoms with Gasteiger partial charge in [0.1, 0.15) is 9.75 Å². The zero-order valence-electron chi connectivity index (χ0n) is 17.8. The van der Waals surface area contributed by atoms with Crippen molar-refractivity contribution in [3.8, 4) is 0 Å². The van der Waals surface area contributed by atoms with Crippen LogP contribution in [-0.2, 0) is 15.8 Å². The first-order valence-corrected chi connectivity index (χ1v) is 12.6. The smallest absolute Gasteiger partial charge is 0.321 e. The van der Waals surface area contributed by atoms with Crippen LogP contribution in [0.25, 0.3) is 0 Å². The second-order valence-electron chi connectivity index (χ2n) is 8.61. The van der Waals surface area contributed by atoms with Gasteiger partial charge in [-0.05, 0) is 24.3 Å². The van der Waals surface area contributed by atoms with Gasteiger partial charge >= 0.3 is 6.18 Å². The Hall–Kier alpha value is -1.68. The third-order valence-electron chi connectivity index (χ3n) is 6.78. The maximum atomic E-state index is 13.6. The molecular formula is C23H11Cl6F3N2O3. The number of hydrogen-bond donors (Lipinski definition) is 1. The molecule has 1 heterocycles. The molecule has 194 valence electrons. The number of alkyl halides is 7. The number of nitrogens with zero attached hydrogens (tertiary/aromatic N) is 1. The van der Waals surface area contributed by atoms with Crippen LogP contribution in [0.5, 0.6) is 0 Å². The number of carbonyl (C=O) groups excluding carboxylic acids is 3. The zero-order valence-corrected chi connectivity index (χ0v) is 22.4. The number of imide groups is 1. The molecule has 0 radical (unpaired) electrons. The number of halogens is 9. The molecule has 0 aromatic heterocycles. The predicted octanol–water partition coefficient (Wildman–Crippen LogP) is 6.91. The molecule has 3 aliphatic rings. The van der Waals surface area contributed by atoms with Crippen LogP contribution in [0.2, 0.25) is 0 Å². The molecule has 2 fully saturated rings. The van der Waals surface area contributed by atoms with Crippen molar-refractivity contribution in [2.75, 3.05) is 10.2 Å². The molecule has 5 rings (SSSR count). The van der Waals surface area contributed by atoms with E-state index in [4.69, 9.17) is 69.6 Å². The van der Waals surface area contributed by atoms with E-state index in [1.165, 1.54) is 36.4 Å². The van der Waals surface area contributed by atoms with Gasteiger partial charge in [-0.2, -0.15) is 13.2 Å². The molecular weight excluding hydrogens is 622 g/mol. The largest absolute Gasteiger partial charge is 0.418 e. The predicted molar refractivity (Wildman–Crippen MR) is 136 cm³/mol. The second-order valence-corrected chi connectivity index (χ2v) is 11.9. The topological polar surface area (TPSA) is 66.5 Å². The first kappa shape index (κ1) is 26.9. The third-order valence-corrected chi connectivity index (χ3v) is 11.0. The highest BCUT2D eigenvalue weighted by atomic mass is 35.5. The van der Waals surface area contributed by atoms with Gasteiger partial charge in [-0.1, -0.05) is 70.7 Å². The summed E-state index contributed by atoms with van der Waals surface area (Å²) in [6, 6.07) is 9.71. The lowest BCUT2D eigenvalue weighted by Crippen LogP contribution is -2.50. The van der Waals surface area contributed by atoms with Crippen LogP contribution in [0.15, 0.2) is 58.6 Å². The van der Waals surface area contributed by atoms with E-state index in [1.807, 2.05) is 0 Å². The number of benzene rings is 2. The van der Waals surface area contributed by atoms with Crippen LogP contribution in [-0.4, -0.2) is 31.8 Å². The van der Waals surface area contributed by atoms with E-state index in [2.05, 4.69) is 5.32 Å². The van der Waals surface area contributed by atoms with Gasteiger partial charge in [0.15, 0.2) is 4.33 Å². The van der Waals surface area contributed by atoms with E-state index >= 15 is 0 Å². The molecule has 4 atom stereocenters. The number of amides is 3. The van der Waals surface area contributed by atoms with Gasteiger partial charge < -0.3 is 5.32 Å². The average Bonchev–Trinajstić information content (AvgIpc) is 3.22. The Bertz CT molecular complexity index is 1380. The molecule has 2 aliphatic carbocycles. The molecule has 0 unspecified atom stereocenters. The van der Waals surface area contributed by atoms with E-state index in [0.29, 0.717) is 4.90 Å². The lowest BCUT2D eigenvalue weighted by molar-refractivity contribution is -0.137. The van der Waals surface area contributed by atoms with Crippen LogP contribution >= 0.6 is 69.6 Å². The second kappa shape index (κ2) is 8.41. The highest BCUT2D eigenvalue weighted by Gasteiger charge is 2.87. The molecule has 1 saturated carbocycles. The molecule has 2 bridgehead atoms. The van der Waals surface area contributed by atoms with Gasteiger partial charge in [0.25, 0.3) is 5.91 Å². The number of fused-ring (bicyclic) bond motifs is 5. The Morgan fingerprint density at radius 1 is 0.838 bits per heavy atom. The number of hydrogen-bond acceptors (Lipinski definition) is 3. The minimum atomic E-state index is -4.74. The van der Waals surface area contributed by atoms with E-state index in [0.717, 1.165) is 12.1 Å². The van der Waals surface area contributed by atoms with E-state index < -0.39 is 61.1 Å². The quantitative estimate of drug-likeness (QED) is 0.296. The van der Waals surface area contributed by atoms with Gasteiger partial charge in [-0.25, -0.2) is 4.90 Å². The first-order valence-electron chi connectivity index (χ1n) is 10.4. The molecule has 1 N–H and O–H groups in total. The summed E-state index contributed by atoms with van der Waals surface area (Å²) >= 11 is 38.9. The van der Waals surface area contributed by atoms with Crippen molar-refractivity contribution in [3.63, 3.8) is 0 Å². The minimum absolute atomic E-state index is 0.212. The number of carbonyl (C=O) groups is 3. The zero-order chi connectivity index (χ0) is 27.3. The van der Waals surface area contributed by atoms with Crippen LogP contribution < -0.4 is 10.2 Å². The number of rotatable bonds is 3. The fourth-order valence-electron chi connectivity index (χ4n) is 5.12. The van der Waals surface area contributed by atoms with Crippen LogP contribution in [0.3, 0.4) is 0 Å². The van der Waals surface area contributed by atoms with E-state index in [-0.39, 0.29) is 21.3 Å². The van der Waals surface area contributed by atoms with Crippen molar-refractivity contribution in [2.45, 2.75) is 20.3 Å². The van der Waals surface area contributed by atoms with Gasteiger partial charge in [-0.15, -0.1) is 23.2 Å². The Labute approximate surface area is 237 Å². The monoisotopic (exact) mass is 630 g/mol. The summed E-state index contributed by atoms with van der Waals surface area (Å²) in [4.78, 5) is 37.0.